The van der Waals surface area contributed by atoms with Gasteiger partial charge in [-0.2, -0.15) is 0 Å². The zero-order valence-corrected chi connectivity index (χ0v) is 20.8. The van der Waals surface area contributed by atoms with Gasteiger partial charge in [-0.1, -0.05) is 48.0 Å². The van der Waals surface area contributed by atoms with Crippen LogP contribution >= 0.6 is 11.6 Å². The molecule has 0 spiro atoms. The number of carbonyl (C=O) groups is 3. The van der Waals surface area contributed by atoms with E-state index < -0.39 is 17.2 Å². The molecular formula is C30H23ClN2O4. The van der Waals surface area contributed by atoms with Crippen molar-refractivity contribution in [1.29, 1.82) is 0 Å². The van der Waals surface area contributed by atoms with Gasteiger partial charge in [0.15, 0.2) is 5.78 Å². The minimum atomic E-state index is -1.25. The fraction of sp³-hybridized carbons (Fsp3) is 0.133. The molecule has 37 heavy (non-hydrogen) atoms. The monoisotopic (exact) mass is 510 g/mol. The molecule has 0 saturated heterocycles. The van der Waals surface area contributed by atoms with Gasteiger partial charge in [-0.25, -0.2) is 4.79 Å². The van der Waals surface area contributed by atoms with E-state index in [4.69, 9.17) is 11.6 Å². The number of carboxylic acid groups (broad SMARTS) is 1. The number of benzene rings is 3. The van der Waals surface area contributed by atoms with Gasteiger partial charge >= 0.3 is 5.97 Å². The third kappa shape index (κ3) is 4.63. The Morgan fingerprint density at radius 3 is 2.14 bits per heavy atom. The number of carboxylic acids is 1. The van der Waals surface area contributed by atoms with Crippen LogP contribution in [0.25, 0.3) is 0 Å². The topological polar surface area (TPSA) is 87.6 Å². The van der Waals surface area contributed by atoms with Gasteiger partial charge < -0.3 is 10.0 Å². The lowest BCUT2D eigenvalue weighted by Gasteiger charge is -2.19. The van der Waals surface area contributed by atoms with E-state index in [1.807, 2.05) is 54.4 Å². The number of halogens is 1. The van der Waals surface area contributed by atoms with Crippen LogP contribution in [-0.2, 0) is 5.41 Å². The Labute approximate surface area is 219 Å². The average Bonchev–Trinajstić information content (AvgIpc) is 3.75. The highest BCUT2D eigenvalue weighted by molar-refractivity contribution is 6.30. The van der Waals surface area contributed by atoms with E-state index in [0.717, 1.165) is 16.9 Å². The van der Waals surface area contributed by atoms with Crippen LogP contribution in [0.5, 0.6) is 0 Å². The van der Waals surface area contributed by atoms with E-state index in [1.54, 1.807) is 30.5 Å². The summed E-state index contributed by atoms with van der Waals surface area (Å²) in [5.41, 5.74) is 2.10. The molecule has 1 fully saturated rings. The predicted octanol–water partition coefficient (Wildman–Crippen LogP) is 6.35. The third-order valence-corrected chi connectivity index (χ3v) is 7.10. The molecule has 5 rings (SSSR count). The van der Waals surface area contributed by atoms with Crippen LogP contribution in [0.15, 0.2) is 91.1 Å². The highest BCUT2D eigenvalue weighted by atomic mass is 35.5. The summed E-state index contributed by atoms with van der Waals surface area (Å²) >= 11 is 5.96. The molecule has 0 atom stereocenters. The van der Waals surface area contributed by atoms with Crippen molar-refractivity contribution < 1.29 is 19.5 Å². The number of pyridine rings is 1. The van der Waals surface area contributed by atoms with Crippen molar-refractivity contribution >= 4 is 40.5 Å². The highest BCUT2D eigenvalue weighted by Crippen LogP contribution is 2.50. The number of anilines is 2. The number of aromatic carboxylic acids is 1. The Morgan fingerprint density at radius 2 is 1.54 bits per heavy atom. The van der Waals surface area contributed by atoms with Crippen LogP contribution in [0.2, 0.25) is 5.02 Å². The van der Waals surface area contributed by atoms with Crippen molar-refractivity contribution in [3.63, 3.8) is 0 Å². The molecule has 0 aliphatic heterocycles. The van der Waals surface area contributed by atoms with E-state index in [2.05, 4.69) is 4.98 Å². The second-order valence-electron chi connectivity index (χ2n) is 9.11. The van der Waals surface area contributed by atoms with Crippen molar-refractivity contribution in [2.45, 2.75) is 18.3 Å². The second-order valence-corrected chi connectivity index (χ2v) is 9.55. The maximum absolute atomic E-state index is 13.5. The number of aromatic nitrogens is 1. The smallest absolute Gasteiger partial charge is 0.336 e. The number of hydrogen-bond donors (Lipinski definition) is 1. The van der Waals surface area contributed by atoms with Crippen molar-refractivity contribution in [3.8, 4) is 0 Å². The third-order valence-electron chi connectivity index (χ3n) is 6.85. The van der Waals surface area contributed by atoms with E-state index in [9.17, 15) is 19.5 Å². The molecule has 1 saturated carbocycles. The maximum Gasteiger partial charge on any atom is 0.336 e. The SMILES string of the molecule is CN(c1ccc(Cl)cc1)c1ccc(C(=O)c2ccc(C(=O)C3(c4ccccc4)CC3)c(C(=O)O)c2)nc1. The maximum atomic E-state index is 13.5. The number of rotatable bonds is 8. The number of ketones is 2. The van der Waals surface area contributed by atoms with Gasteiger partial charge in [0.25, 0.3) is 0 Å². The van der Waals surface area contributed by atoms with Gasteiger partial charge in [0.05, 0.1) is 22.9 Å². The van der Waals surface area contributed by atoms with E-state index >= 15 is 0 Å². The molecule has 7 heteroatoms. The van der Waals surface area contributed by atoms with Gasteiger partial charge in [-0.15, -0.1) is 0 Å². The zero-order chi connectivity index (χ0) is 26.2. The Bertz CT molecular complexity index is 1500. The Kier molecular flexibility index (Phi) is 6.36. The van der Waals surface area contributed by atoms with Crippen molar-refractivity contribution in [2.75, 3.05) is 11.9 Å². The van der Waals surface area contributed by atoms with Crippen LogP contribution in [0.1, 0.15) is 55.2 Å². The van der Waals surface area contributed by atoms with Gasteiger partial charge in [0, 0.05) is 28.9 Å². The Balaban J connectivity index is 1.41. The average molecular weight is 511 g/mol. The summed E-state index contributed by atoms with van der Waals surface area (Å²) in [7, 11) is 1.87. The van der Waals surface area contributed by atoms with E-state index in [1.165, 1.54) is 18.2 Å². The minimum Gasteiger partial charge on any atom is -0.478 e. The molecule has 184 valence electrons. The number of nitrogens with zero attached hydrogens (tertiary/aromatic N) is 2. The van der Waals surface area contributed by atoms with Gasteiger partial charge in [-0.05, 0) is 66.9 Å². The Morgan fingerprint density at radius 1 is 0.865 bits per heavy atom. The first-order valence-corrected chi connectivity index (χ1v) is 12.2. The van der Waals surface area contributed by atoms with Gasteiger partial charge in [0.1, 0.15) is 5.69 Å². The Hall–Kier alpha value is -4.29. The molecule has 1 N–H and O–H groups in total. The molecule has 3 aromatic carbocycles. The largest absolute Gasteiger partial charge is 0.478 e. The number of hydrogen-bond acceptors (Lipinski definition) is 5. The lowest BCUT2D eigenvalue weighted by Crippen LogP contribution is -2.23. The standard InChI is InChI=1S/C30H23ClN2O4/c1-33(22-10-8-21(31)9-11-22)23-12-14-26(32-18-23)27(34)19-7-13-24(25(17-19)29(36)37)28(35)30(15-16-30)20-5-3-2-4-6-20/h2-14,17-18H,15-16H2,1H3,(H,36,37). The van der Waals surface area contributed by atoms with Crippen molar-refractivity contribution in [3.05, 3.63) is 124 Å². The first-order valence-electron chi connectivity index (χ1n) is 11.8. The van der Waals surface area contributed by atoms with E-state index in [-0.39, 0.29) is 28.2 Å². The van der Waals surface area contributed by atoms with Crippen LogP contribution in [0.4, 0.5) is 11.4 Å². The second kappa shape index (κ2) is 9.64. The van der Waals surface area contributed by atoms with Crippen molar-refractivity contribution in [2.24, 2.45) is 0 Å². The molecular weight excluding hydrogens is 488 g/mol. The summed E-state index contributed by atoms with van der Waals surface area (Å²) in [5, 5.41) is 10.5. The molecule has 4 aromatic rings. The van der Waals surface area contributed by atoms with Crippen LogP contribution in [0.3, 0.4) is 0 Å². The molecule has 1 aromatic heterocycles. The number of Topliss-reactive ketones (excluding diaryl/α,β-unsaturated/α-hetero) is 1. The lowest BCUT2D eigenvalue weighted by molar-refractivity contribution is 0.0691. The molecule has 1 aliphatic carbocycles. The number of carbonyl (C=O) groups excluding carboxylic acids is 2. The summed E-state index contributed by atoms with van der Waals surface area (Å²) in [6.07, 6.45) is 2.90. The molecule has 0 bridgehead atoms. The van der Waals surface area contributed by atoms with Crippen molar-refractivity contribution in [1.82, 2.24) is 4.98 Å². The molecule has 0 amide bonds. The van der Waals surface area contributed by atoms with Crippen LogP contribution in [0, 0.1) is 0 Å². The predicted molar refractivity (Wildman–Crippen MR) is 142 cm³/mol. The molecule has 0 radical (unpaired) electrons. The molecule has 6 nitrogen and oxygen atoms in total. The summed E-state index contributed by atoms with van der Waals surface area (Å²) in [5.74, 6) is -1.91. The summed E-state index contributed by atoms with van der Waals surface area (Å²) in [6, 6.07) is 24.3. The van der Waals surface area contributed by atoms with Gasteiger partial charge in [0.2, 0.25) is 5.78 Å². The quantitative estimate of drug-likeness (QED) is 0.278. The summed E-state index contributed by atoms with van der Waals surface area (Å²) in [4.78, 5) is 44.9. The minimum absolute atomic E-state index is 0.110. The molecule has 1 heterocycles. The molecule has 1 aliphatic rings. The van der Waals surface area contributed by atoms with Crippen LogP contribution in [-0.4, -0.2) is 34.7 Å². The summed E-state index contributed by atoms with van der Waals surface area (Å²) < 4.78 is 0. The first-order chi connectivity index (χ1) is 17.8. The fourth-order valence-electron chi connectivity index (χ4n) is 4.53. The highest BCUT2D eigenvalue weighted by Gasteiger charge is 2.51. The van der Waals surface area contributed by atoms with Gasteiger partial charge in [-0.3, -0.25) is 14.6 Å². The molecule has 0 unspecified atom stereocenters. The first kappa shape index (κ1) is 24.4. The van der Waals surface area contributed by atoms with Crippen LogP contribution < -0.4 is 4.90 Å². The lowest BCUT2D eigenvalue weighted by atomic mass is 9.85. The summed E-state index contributed by atoms with van der Waals surface area (Å²) in [6.45, 7) is 0. The zero-order valence-electron chi connectivity index (χ0n) is 20.0. The normalized spacial score (nSPS) is 13.6. The fourth-order valence-corrected chi connectivity index (χ4v) is 4.65. The van der Waals surface area contributed by atoms with E-state index in [0.29, 0.717) is 17.9 Å².